The molecule has 0 atom stereocenters. The predicted octanol–water partition coefficient (Wildman–Crippen LogP) is 5.56. The monoisotopic (exact) mass is 582 g/mol. The van der Waals surface area contributed by atoms with Gasteiger partial charge < -0.3 is 14.8 Å². The number of ketones is 1. The average Bonchev–Trinajstić information content (AvgIpc) is 2.96. The summed E-state index contributed by atoms with van der Waals surface area (Å²) in [6.07, 6.45) is 0. The molecule has 0 saturated carbocycles. The van der Waals surface area contributed by atoms with E-state index in [1.165, 1.54) is 68.8 Å². The maximum atomic E-state index is 14.9. The van der Waals surface area contributed by atoms with Crippen LogP contribution in [0, 0.1) is 5.82 Å². The van der Waals surface area contributed by atoms with Crippen molar-refractivity contribution in [3.8, 4) is 11.5 Å². The van der Waals surface area contributed by atoms with Crippen LogP contribution in [-0.2, 0) is 14.8 Å². The van der Waals surface area contributed by atoms with Crippen molar-refractivity contribution in [2.75, 3.05) is 30.4 Å². The Morgan fingerprint density at radius 1 is 0.875 bits per heavy atom. The molecule has 0 aliphatic carbocycles. The molecule has 0 spiro atoms. The number of nitrogens with one attached hydrogen (secondary N) is 1. The van der Waals surface area contributed by atoms with Crippen LogP contribution in [0.4, 0.5) is 15.8 Å². The average molecular weight is 583 g/mol. The Balaban J connectivity index is 1.71. The van der Waals surface area contributed by atoms with Crippen LogP contribution in [-0.4, -0.2) is 40.9 Å². The number of sulfonamides is 1. The molecule has 0 aromatic heterocycles. The van der Waals surface area contributed by atoms with Crippen molar-refractivity contribution in [2.24, 2.45) is 0 Å². The molecule has 0 bridgehead atoms. The van der Waals surface area contributed by atoms with Gasteiger partial charge in [0, 0.05) is 22.2 Å². The number of methoxy groups -OCH3 is 2. The molecule has 4 rings (SSSR count). The summed E-state index contributed by atoms with van der Waals surface area (Å²) in [5.74, 6) is -1.66. The van der Waals surface area contributed by atoms with Crippen molar-refractivity contribution in [3.05, 3.63) is 113 Å². The molecule has 206 valence electrons. The summed E-state index contributed by atoms with van der Waals surface area (Å²) < 4.78 is 53.4. The molecule has 1 N–H and O–H groups in total. The molecule has 0 aliphatic rings. The van der Waals surface area contributed by atoms with Crippen molar-refractivity contribution >= 4 is 44.7 Å². The lowest BCUT2D eigenvalue weighted by atomic mass is 10.0. The fraction of sp³-hybridized carbons (Fsp3) is 0.103. The number of benzene rings is 4. The molecule has 4 aromatic carbocycles. The Hall–Kier alpha value is -4.41. The van der Waals surface area contributed by atoms with Crippen LogP contribution in [0.5, 0.6) is 11.5 Å². The number of anilines is 2. The van der Waals surface area contributed by atoms with Gasteiger partial charge in [-0.1, -0.05) is 54.1 Å². The Labute approximate surface area is 236 Å². The first-order valence-electron chi connectivity index (χ1n) is 11.8. The molecule has 0 heterocycles. The van der Waals surface area contributed by atoms with Crippen LogP contribution >= 0.6 is 11.6 Å². The molecule has 1 amide bonds. The second kappa shape index (κ2) is 12.2. The topological polar surface area (TPSA) is 102 Å². The fourth-order valence-corrected chi connectivity index (χ4v) is 5.55. The Kier molecular flexibility index (Phi) is 8.71. The summed E-state index contributed by atoms with van der Waals surface area (Å²) in [5.41, 5.74) is 0.237. The van der Waals surface area contributed by atoms with Crippen LogP contribution in [0.15, 0.2) is 95.9 Å². The van der Waals surface area contributed by atoms with Gasteiger partial charge in [-0.3, -0.25) is 13.9 Å². The smallest absolute Gasteiger partial charge is 0.265 e. The van der Waals surface area contributed by atoms with Crippen molar-refractivity contribution in [2.45, 2.75) is 4.90 Å². The molecular weight excluding hydrogens is 559 g/mol. The standard InChI is InChI=1S/C29H24ClFN2O6S/c1-38-26-15-13-21(17-27(26)39-2)40(36,37)33(25-11-7-6-10-23(25)31)18-28(34)32-24-14-12-20(30)16-22(24)29(35)19-8-4-3-5-9-19/h3-17H,18H2,1-2H3,(H,32,34). The van der Waals surface area contributed by atoms with Gasteiger partial charge in [-0.05, 0) is 42.5 Å². The van der Waals surface area contributed by atoms with E-state index in [1.54, 1.807) is 30.3 Å². The number of halogens is 2. The van der Waals surface area contributed by atoms with E-state index < -0.39 is 34.1 Å². The fourth-order valence-electron chi connectivity index (χ4n) is 3.94. The minimum absolute atomic E-state index is 0.104. The normalized spacial score (nSPS) is 11.0. The molecule has 0 fully saturated rings. The Morgan fingerprint density at radius 2 is 1.55 bits per heavy atom. The zero-order chi connectivity index (χ0) is 28.9. The molecule has 8 nitrogen and oxygen atoms in total. The Morgan fingerprint density at radius 3 is 2.23 bits per heavy atom. The second-order valence-electron chi connectivity index (χ2n) is 8.41. The lowest BCUT2D eigenvalue weighted by Crippen LogP contribution is -2.38. The number of rotatable bonds is 10. The zero-order valence-corrected chi connectivity index (χ0v) is 23.0. The number of carbonyl (C=O) groups is 2. The molecule has 40 heavy (non-hydrogen) atoms. The van der Waals surface area contributed by atoms with E-state index in [4.69, 9.17) is 21.1 Å². The van der Waals surface area contributed by atoms with E-state index in [1.807, 2.05) is 0 Å². The van der Waals surface area contributed by atoms with Gasteiger partial charge in [0.15, 0.2) is 17.3 Å². The van der Waals surface area contributed by atoms with Crippen LogP contribution in [0.3, 0.4) is 0 Å². The quantitative estimate of drug-likeness (QED) is 0.246. The summed E-state index contributed by atoms with van der Waals surface area (Å²) >= 11 is 6.13. The van der Waals surface area contributed by atoms with E-state index in [0.29, 0.717) is 9.87 Å². The highest BCUT2D eigenvalue weighted by Gasteiger charge is 2.30. The van der Waals surface area contributed by atoms with E-state index >= 15 is 0 Å². The second-order valence-corrected chi connectivity index (χ2v) is 10.7. The molecule has 11 heteroatoms. The van der Waals surface area contributed by atoms with Gasteiger partial charge in [0.05, 0.1) is 30.5 Å². The lowest BCUT2D eigenvalue weighted by Gasteiger charge is -2.25. The molecule has 0 radical (unpaired) electrons. The number of para-hydroxylation sites is 1. The summed E-state index contributed by atoms with van der Waals surface area (Å²) in [5, 5.41) is 2.85. The van der Waals surface area contributed by atoms with Gasteiger partial charge in [-0.15, -0.1) is 0 Å². The minimum Gasteiger partial charge on any atom is -0.493 e. The van der Waals surface area contributed by atoms with Gasteiger partial charge >= 0.3 is 0 Å². The number of nitrogens with zero attached hydrogens (tertiary/aromatic N) is 1. The van der Waals surface area contributed by atoms with Crippen LogP contribution in [0.1, 0.15) is 15.9 Å². The number of hydrogen-bond acceptors (Lipinski definition) is 6. The van der Waals surface area contributed by atoms with Gasteiger partial charge in [-0.25, -0.2) is 12.8 Å². The summed E-state index contributed by atoms with van der Waals surface area (Å²) in [6.45, 7) is -0.806. The summed E-state index contributed by atoms with van der Waals surface area (Å²) in [6, 6.07) is 21.7. The van der Waals surface area contributed by atoms with Gasteiger partial charge in [0.25, 0.3) is 10.0 Å². The SMILES string of the molecule is COc1ccc(S(=O)(=O)N(CC(=O)Nc2ccc(Cl)cc2C(=O)c2ccccc2)c2ccccc2F)cc1OC. The van der Waals surface area contributed by atoms with Crippen molar-refractivity contribution in [1.29, 1.82) is 0 Å². The number of amides is 1. The zero-order valence-electron chi connectivity index (χ0n) is 21.4. The first-order chi connectivity index (χ1) is 19.1. The largest absolute Gasteiger partial charge is 0.493 e. The van der Waals surface area contributed by atoms with Gasteiger partial charge in [0.1, 0.15) is 12.4 Å². The molecule has 0 saturated heterocycles. The molecule has 0 unspecified atom stereocenters. The molecular formula is C29H24ClFN2O6S. The summed E-state index contributed by atoms with van der Waals surface area (Å²) in [7, 11) is -1.75. The third-order valence-corrected chi connectivity index (χ3v) is 7.88. The summed E-state index contributed by atoms with van der Waals surface area (Å²) in [4.78, 5) is 26.2. The maximum absolute atomic E-state index is 14.9. The van der Waals surface area contributed by atoms with Crippen LogP contribution in [0.25, 0.3) is 0 Å². The maximum Gasteiger partial charge on any atom is 0.265 e. The van der Waals surface area contributed by atoms with Crippen LogP contribution < -0.4 is 19.1 Å². The third-order valence-electron chi connectivity index (χ3n) is 5.89. The third kappa shape index (κ3) is 6.08. The minimum atomic E-state index is -4.49. The highest BCUT2D eigenvalue weighted by Crippen LogP contribution is 2.33. The first-order valence-corrected chi connectivity index (χ1v) is 13.7. The number of hydrogen-bond donors (Lipinski definition) is 1. The van der Waals surface area contributed by atoms with Gasteiger partial charge in [-0.2, -0.15) is 0 Å². The molecule has 4 aromatic rings. The van der Waals surface area contributed by atoms with E-state index in [2.05, 4.69) is 5.32 Å². The van der Waals surface area contributed by atoms with Gasteiger partial charge in [0.2, 0.25) is 5.91 Å². The van der Waals surface area contributed by atoms with Crippen LogP contribution in [0.2, 0.25) is 5.02 Å². The van der Waals surface area contributed by atoms with Crippen molar-refractivity contribution < 1.29 is 31.9 Å². The predicted molar refractivity (Wildman–Crippen MR) is 150 cm³/mol. The molecule has 0 aliphatic heterocycles. The number of ether oxygens (including phenoxy) is 2. The van der Waals surface area contributed by atoms with Crippen molar-refractivity contribution in [3.63, 3.8) is 0 Å². The highest BCUT2D eigenvalue weighted by atomic mass is 35.5. The van der Waals surface area contributed by atoms with E-state index in [-0.39, 0.29) is 38.4 Å². The van der Waals surface area contributed by atoms with E-state index in [9.17, 15) is 22.4 Å². The highest BCUT2D eigenvalue weighted by molar-refractivity contribution is 7.92. The Bertz CT molecular complexity index is 1660. The first kappa shape index (κ1) is 28.6. The number of carbonyl (C=O) groups excluding carboxylic acids is 2. The lowest BCUT2D eigenvalue weighted by molar-refractivity contribution is -0.114. The van der Waals surface area contributed by atoms with E-state index in [0.717, 1.165) is 6.07 Å². The van der Waals surface area contributed by atoms with Crippen molar-refractivity contribution in [1.82, 2.24) is 0 Å².